The largest absolute Gasteiger partial charge is 0.375 e. The van der Waals surface area contributed by atoms with E-state index >= 15 is 0 Å². The second kappa shape index (κ2) is 6.41. The number of nitrogens with zero attached hydrogens (tertiary/aromatic N) is 1. The number of carbonyl (C=O) groups excluding carboxylic acids is 1. The molecule has 2 saturated carbocycles. The Morgan fingerprint density at radius 1 is 1.30 bits per heavy atom. The van der Waals surface area contributed by atoms with Crippen LogP contribution in [-0.2, 0) is 19.0 Å². The van der Waals surface area contributed by atoms with Crippen molar-refractivity contribution in [2.75, 3.05) is 33.0 Å². The molecule has 0 N–H and O–H groups in total. The SMILES string of the molecule is CCOCC(=O)N1CCO[C@H]2[C@H](OCC3CC3)CC[C@@H]21. The molecule has 0 radical (unpaired) electrons. The third-order valence-corrected chi connectivity index (χ3v) is 4.53. The normalized spacial score (nSPS) is 33.2. The van der Waals surface area contributed by atoms with E-state index in [1.54, 1.807) is 0 Å². The minimum atomic E-state index is 0.0630. The predicted molar refractivity (Wildman–Crippen MR) is 73.4 cm³/mol. The van der Waals surface area contributed by atoms with Gasteiger partial charge >= 0.3 is 0 Å². The number of hydrogen-bond donors (Lipinski definition) is 0. The molecule has 2 aliphatic carbocycles. The van der Waals surface area contributed by atoms with E-state index in [1.165, 1.54) is 12.8 Å². The van der Waals surface area contributed by atoms with Crippen molar-refractivity contribution >= 4 is 5.91 Å². The van der Waals surface area contributed by atoms with Gasteiger partial charge in [-0.2, -0.15) is 0 Å². The minimum Gasteiger partial charge on any atom is -0.375 e. The highest BCUT2D eigenvalue weighted by Gasteiger charge is 2.45. The topological polar surface area (TPSA) is 48.0 Å². The molecule has 0 aromatic carbocycles. The van der Waals surface area contributed by atoms with Crippen LogP contribution >= 0.6 is 0 Å². The zero-order chi connectivity index (χ0) is 13.9. The molecule has 0 bridgehead atoms. The molecule has 0 unspecified atom stereocenters. The summed E-state index contributed by atoms with van der Waals surface area (Å²) in [5.41, 5.74) is 0. The van der Waals surface area contributed by atoms with Crippen molar-refractivity contribution < 1.29 is 19.0 Å². The van der Waals surface area contributed by atoms with Gasteiger partial charge in [0.1, 0.15) is 12.7 Å². The van der Waals surface area contributed by atoms with E-state index in [-0.39, 0.29) is 30.8 Å². The average molecular weight is 283 g/mol. The molecule has 0 spiro atoms. The number of fused-ring (bicyclic) bond motifs is 1. The molecule has 114 valence electrons. The van der Waals surface area contributed by atoms with Crippen molar-refractivity contribution in [2.24, 2.45) is 5.92 Å². The lowest BCUT2D eigenvalue weighted by atomic mass is 10.1. The molecule has 3 rings (SSSR count). The molecule has 1 aliphatic heterocycles. The summed E-state index contributed by atoms with van der Waals surface area (Å²) in [5.74, 6) is 0.862. The molecular weight excluding hydrogens is 258 g/mol. The highest BCUT2D eigenvalue weighted by molar-refractivity contribution is 5.78. The Hall–Kier alpha value is -0.650. The number of hydrogen-bond acceptors (Lipinski definition) is 4. The molecule has 3 atom stereocenters. The van der Waals surface area contributed by atoms with Gasteiger partial charge in [0.05, 0.1) is 18.8 Å². The number of rotatable bonds is 6. The van der Waals surface area contributed by atoms with Crippen LogP contribution in [0.15, 0.2) is 0 Å². The lowest BCUT2D eigenvalue weighted by Crippen LogP contribution is -2.54. The molecule has 1 heterocycles. The zero-order valence-electron chi connectivity index (χ0n) is 12.3. The van der Waals surface area contributed by atoms with Crippen LogP contribution in [0, 0.1) is 5.92 Å². The van der Waals surface area contributed by atoms with Crippen molar-refractivity contribution in [3.63, 3.8) is 0 Å². The van der Waals surface area contributed by atoms with Crippen LogP contribution in [-0.4, -0.2) is 62.0 Å². The summed E-state index contributed by atoms with van der Waals surface area (Å²) in [6, 6.07) is 0.181. The Labute approximate surface area is 120 Å². The summed E-state index contributed by atoms with van der Waals surface area (Å²) in [4.78, 5) is 14.1. The van der Waals surface area contributed by atoms with E-state index in [0.29, 0.717) is 19.8 Å². The smallest absolute Gasteiger partial charge is 0.248 e. The van der Waals surface area contributed by atoms with Crippen molar-refractivity contribution in [3.05, 3.63) is 0 Å². The van der Waals surface area contributed by atoms with E-state index in [1.807, 2.05) is 11.8 Å². The molecular formula is C15H25NO4. The number of amides is 1. The monoisotopic (exact) mass is 283 g/mol. The predicted octanol–water partition coefficient (Wildman–Crippen LogP) is 1.21. The van der Waals surface area contributed by atoms with E-state index in [4.69, 9.17) is 14.2 Å². The fraction of sp³-hybridized carbons (Fsp3) is 0.933. The van der Waals surface area contributed by atoms with E-state index in [9.17, 15) is 4.79 Å². The Morgan fingerprint density at radius 2 is 2.15 bits per heavy atom. The second-order valence-electron chi connectivity index (χ2n) is 6.02. The molecule has 20 heavy (non-hydrogen) atoms. The maximum absolute atomic E-state index is 12.2. The van der Waals surface area contributed by atoms with E-state index in [2.05, 4.69) is 0 Å². The van der Waals surface area contributed by atoms with Gasteiger partial charge in [-0.15, -0.1) is 0 Å². The van der Waals surface area contributed by atoms with Crippen LogP contribution in [0.2, 0.25) is 0 Å². The van der Waals surface area contributed by atoms with Gasteiger partial charge in [0.2, 0.25) is 5.91 Å². The third-order valence-electron chi connectivity index (χ3n) is 4.53. The standard InChI is InChI=1S/C15H25NO4/c1-2-18-10-14(17)16-7-8-19-15-12(16)5-6-13(15)20-9-11-3-4-11/h11-13,15H,2-10H2,1H3/t12-,13+,15+/m0/s1. The van der Waals surface area contributed by atoms with Crippen molar-refractivity contribution in [1.82, 2.24) is 4.90 Å². The minimum absolute atomic E-state index is 0.0630. The first kappa shape index (κ1) is 14.3. The third kappa shape index (κ3) is 3.15. The van der Waals surface area contributed by atoms with Crippen molar-refractivity contribution in [1.29, 1.82) is 0 Å². The van der Waals surface area contributed by atoms with Crippen LogP contribution in [0.3, 0.4) is 0 Å². The molecule has 3 fully saturated rings. The Bertz CT molecular complexity index is 345. The quantitative estimate of drug-likeness (QED) is 0.735. The van der Waals surface area contributed by atoms with Crippen LogP contribution in [0.1, 0.15) is 32.6 Å². The lowest BCUT2D eigenvalue weighted by molar-refractivity contribution is -0.155. The van der Waals surface area contributed by atoms with Gasteiger partial charge in [-0.05, 0) is 38.5 Å². The van der Waals surface area contributed by atoms with Gasteiger partial charge in [-0.3, -0.25) is 4.79 Å². The van der Waals surface area contributed by atoms with Gasteiger partial charge in [0, 0.05) is 19.8 Å². The summed E-state index contributed by atoms with van der Waals surface area (Å²) in [5, 5.41) is 0. The summed E-state index contributed by atoms with van der Waals surface area (Å²) in [7, 11) is 0. The first-order valence-corrected chi connectivity index (χ1v) is 7.90. The van der Waals surface area contributed by atoms with Crippen LogP contribution in [0.4, 0.5) is 0 Å². The maximum Gasteiger partial charge on any atom is 0.248 e. The molecule has 5 heteroatoms. The molecule has 1 saturated heterocycles. The average Bonchev–Trinajstić information content (AvgIpc) is 3.21. The van der Waals surface area contributed by atoms with Crippen LogP contribution < -0.4 is 0 Å². The van der Waals surface area contributed by atoms with Crippen LogP contribution in [0.25, 0.3) is 0 Å². The first-order chi connectivity index (χ1) is 9.79. The zero-order valence-corrected chi connectivity index (χ0v) is 12.3. The number of carbonyl (C=O) groups is 1. The summed E-state index contributed by atoms with van der Waals surface area (Å²) in [6.45, 7) is 4.84. The second-order valence-corrected chi connectivity index (χ2v) is 6.02. The van der Waals surface area contributed by atoms with Gasteiger partial charge < -0.3 is 19.1 Å². The fourth-order valence-corrected chi connectivity index (χ4v) is 3.22. The Balaban J connectivity index is 1.54. The molecule has 3 aliphatic rings. The fourth-order valence-electron chi connectivity index (χ4n) is 3.22. The summed E-state index contributed by atoms with van der Waals surface area (Å²) >= 11 is 0. The Kier molecular flexibility index (Phi) is 4.58. The van der Waals surface area contributed by atoms with Crippen molar-refractivity contribution in [2.45, 2.75) is 50.9 Å². The Morgan fingerprint density at radius 3 is 2.90 bits per heavy atom. The number of morpholine rings is 1. The molecule has 0 aromatic heterocycles. The first-order valence-electron chi connectivity index (χ1n) is 7.90. The van der Waals surface area contributed by atoms with Gasteiger partial charge in [0.15, 0.2) is 0 Å². The highest BCUT2D eigenvalue weighted by atomic mass is 16.5. The van der Waals surface area contributed by atoms with Crippen LogP contribution in [0.5, 0.6) is 0 Å². The molecule has 0 aromatic rings. The van der Waals surface area contributed by atoms with Crippen molar-refractivity contribution in [3.8, 4) is 0 Å². The summed E-state index contributed by atoms with van der Waals surface area (Å²) < 4.78 is 17.2. The number of ether oxygens (including phenoxy) is 3. The maximum atomic E-state index is 12.2. The molecule has 1 amide bonds. The van der Waals surface area contributed by atoms with E-state index < -0.39 is 0 Å². The van der Waals surface area contributed by atoms with Gasteiger partial charge in [-0.1, -0.05) is 0 Å². The summed E-state index contributed by atoms with van der Waals surface area (Å²) in [6.07, 6.45) is 4.83. The molecule has 5 nitrogen and oxygen atoms in total. The lowest BCUT2D eigenvalue weighted by Gasteiger charge is -2.39. The van der Waals surface area contributed by atoms with Gasteiger partial charge in [0.25, 0.3) is 0 Å². The van der Waals surface area contributed by atoms with Gasteiger partial charge in [-0.25, -0.2) is 0 Å². The van der Waals surface area contributed by atoms with E-state index in [0.717, 1.165) is 25.4 Å². The highest BCUT2D eigenvalue weighted by Crippen LogP contribution is 2.35.